The number of carbonyl (C=O) groups is 2. The number of nitriles is 1. The molecule has 1 aliphatic rings. The van der Waals surface area contributed by atoms with Crippen LogP contribution in [0.1, 0.15) is 29.8 Å². The average Bonchev–Trinajstić information content (AvgIpc) is 3.54. The summed E-state index contributed by atoms with van der Waals surface area (Å²) in [4.78, 5) is 24.0. The number of rotatable bonds is 8. The van der Waals surface area contributed by atoms with E-state index in [0.29, 0.717) is 12.5 Å². The SMILES string of the molecule is COc1ccc(-n2c(C)cc(/C=C(/C#N)C(=O)NCC(=O)OCC3CC3)c2C)cc1. The van der Waals surface area contributed by atoms with Crippen LogP contribution < -0.4 is 10.1 Å². The lowest BCUT2D eigenvalue weighted by atomic mass is 10.1. The number of aromatic nitrogens is 1. The van der Waals surface area contributed by atoms with Crippen LogP contribution >= 0.6 is 0 Å². The molecular weight excluding hydrogens is 382 g/mol. The molecule has 1 N–H and O–H groups in total. The first-order valence-electron chi connectivity index (χ1n) is 9.82. The standard InChI is InChI=1S/C23H25N3O4/c1-15-10-18(16(2)26(15)20-6-8-21(29-3)9-7-20)11-19(12-24)23(28)25-13-22(27)30-14-17-4-5-17/h6-11,17H,4-5,13-14H2,1-3H3,(H,25,28)/b19-11-. The van der Waals surface area contributed by atoms with Gasteiger partial charge in [0.25, 0.3) is 5.91 Å². The maximum absolute atomic E-state index is 12.3. The van der Waals surface area contributed by atoms with Crippen molar-refractivity contribution in [3.05, 3.63) is 52.9 Å². The zero-order chi connectivity index (χ0) is 21.7. The largest absolute Gasteiger partial charge is 0.497 e. The molecule has 2 aromatic rings. The number of methoxy groups -OCH3 is 1. The van der Waals surface area contributed by atoms with Crippen molar-refractivity contribution in [3.63, 3.8) is 0 Å². The normalized spacial score (nSPS) is 13.5. The van der Waals surface area contributed by atoms with Crippen molar-refractivity contribution in [2.24, 2.45) is 5.92 Å². The molecule has 156 valence electrons. The molecule has 1 heterocycles. The lowest BCUT2D eigenvalue weighted by molar-refractivity contribution is -0.144. The molecular formula is C23H25N3O4. The lowest BCUT2D eigenvalue weighted by Crippen LogP contribution is -2.31. The first kappa shape index (κ1) is 21.2. The predicted octanol–water partition coefficient (Wildman–Crippen LogP) is 3.08. The summed E-state index contributed by atoms with van der Waals surface area (Å²) in [5.41, 5.74) is 3.49. The third-order valence-corrected chi connectivity index (χ3v) is 5.04. The minimum Gasteiger partial charge on any atom is -0.497 e. The second-order valence-electron chi connectivity index (χ2n) is 7.34. The number of ether oxygens (including phenoxy) is 2. The number of amides is 1. The number of esters is 1. The Bertz CT molecular complexity index is 1010. The van der Waals surface area contributed by atoms with Crippen LogP contribution in [0.2, 0.25) is 0 Å². The molecule has 30 heavy (non-hydrogen) atoms. The number of benzene rings is 1. The fraction of sp³-hybridized carbons (Fsp3) is 0.348. The third kappa shape index (κ3) is 5.09. The van der Waals surface area contributed by atoms with E-state index >= 15 is 0 Å². The van der Waals surface area contributed by atoms with E-state index in [1.807, 2.05) is 54.8 Å². The lowest BCUT2D eigenvalue weighted by Gasteiger charge is -2.10. The van der Waals surface area contributed by atoms with Gasteiger partial charge in [0.05, 0.1) is 13.7 Å². The van der Waals surface area contributed by atoms with Crippen LogP contribution in [-0.2, 0) is 14.3 Å². The molecule has 1 saturated carbocycles. The van der Waals surface area contributed by atoms with Crippen LogP contribution in [-0.4, -0.2) is 36.7 Å². The number of hydrogen-bond donors (Lipinski definition) is 1. The molecule has 7 nitrogen and oxygen atoms in total. The van der Waals surface area contributed by atoms with E-state index in [4.69, 9.17) is 9.47 Å². The van der Waals surface area contributed by atoms with Gasteiger partial charge in [-0.2, -0.15) is 5.26 Å². The zero-order valence-electron chi connectivity index (χ0n) is 17.4. The summed E-state index contributed by atoms with van der Waals surface area (Å²) >= 11 is 0. The Morgan fingerprint density at radius 3 is 2.57 bits per heavy atom. The van der Waals surface area contributed by atoms with E-state index in [-0.39, 0.29) is 12.1 Å². The fourth-order valence-electron chi connectivity index (χ4n) is 3.16. The van der Waals surface area contributed by atoms with Gasteiger partial charge in [-0.05, 0) is 74.6 Å². The molecule has 0 saturated heterocycles. The number of carbonyl (C=O) groups excluding carboxylic acids is 2. The Morgan fingerprint density at radius 2 is 1.97 bits per heavy atom. The summed E-state index contributed by atoms with van der Waals surface area (Å²) in [7, 11) is 1.62. The van der Waals surface area contributed by atoms with Crippen LogP contribution in [0.25, 0.3) is 11.8 Å². The highest BCUT2D eigenvalue weighted by molar-refractivity contribution is 6.02. The molecule has 0 bridgehead atoms. The van der Waals surface area contributed by atoms with Gasteiger partial charge in [0.1, 0.15) is 23.9 Å². The van der Waals surface area contributed by atoms with Crippen molar-refractivity contribution in [1.29, 1.82) is 5.26 Å². The van der Waals surface area contributed by atoms with Gasteiger partial charge in [-0.25, -0.2) is 0 Å². The summed E-state index contributed by atoms with van der Waals surface area (Å²) < 4.78 is 12.3. The van der Waals surface area contributed by atoms with Crippen LogP contribution in [0.5, 0.6) is 5.75 Å². The molecule has 1 aliphatic carbocycles. The van der Waals surface area contributed by atoms with Crippen molar-refractivity contribution >= 4 is 18.0 Å². The molecule has 0 unspecified atom stereocenters. The highest BCUT2D eigenvalue weighted by Gasteiger charge is 2.23. The number of hydrogen-bond acceptors (Lipinski definition) is 5. The first-order valence-corrected chi connectivity index (χ1v) is 9.82. The minimum atomic E-state index is -0.602. The van der Waals surface area contributed by atoms with Gasteiger partial charge >= 0.3 is 5.97 Å². The molecule has 3 rings (SSSR count). The van der Waals surface area contributed by atoms with Crippen molar-refractivity contribution in [2.45, 2.75) is 26.7 Å². The molecule has 1 aromatic heterocycles. The van der Waals surface area contributed by atoms with Gasteiger partial charge in [-0.3, -0.25) is 9.59 Å². The number of nitrogens with one attached hydrogen (secondary N) is 1. The van der Waals surface area contributed by atoms with Gasteiger partial charge in [-0.15, -0.1) is 0 Å². The quantitative estimate of drug-likeness (QED) is 0.412. The van der Waals surface area contributed by atoms with Gasteiger partial charge in [0, 0.05) is 17.1 Å². The molecule has 0 spiro atoms. The van der Waals surface area contributed by atoms with Crippen LogP contribution in [0, 0.1) is 31.1 Å². The minimum absolute atomic E-state index is 0.0695. The summed E-state index contributed by atoms with van der Waals surface area (Å²) in [5, 5.41) is 11.9. The Kier molecular flexibility index (Phi) is 6.58. The number of nitrogens with zero attached hydrogens (tertiary/aromatic N) is 2. The van der Waals surface area contributed by atoms with Gasteiger partial charge in [0.15, 0.2) is 0 Å². The first-order chi connectivity index (χ1) is 14.4. The molecule has 0 aliphatic heterocycles. The monoisotopic (exact) mass is 407 g/mol. The van der Waals surface area contributed by atoms with E-state index in [2.05, 4.69) is 5.32 Å². The molecule has 1 fully saturated rings. The Balaban J connectivity index is 1.72. The van der Waals surface area contributed by atoms with Crippen LogP contribution in [0.3, 0.4) is 0 Å². The van der Waals surface area contributed by atoms with Crippen molar-refractivity contribution in [3.8, 4) is 17.5 Å². The Hall–Kier alpha value is -3.53. The average molecular weight is 407 g/mol. The summed E-state index contributed by atoms with van der Waals surface area (Å²) in [6.07, 6.45) is 3.69. The van der Waals surface area contributed by atoms with E-state index in [9.17, 15) is 14.9 Å². The molecule has 1 amide bonds. The second kappa shape index (κ2) is 9.31. The topological polar surface area (TPSA) is 93.4 Å². The van der Waals surface area contributed by atoms with E-state index in [0.717, 1.165) is 41.2 Å². The molecule has 1 aromatic carbocycles. The van der Waals surface area contributed by atoms with Crippen LogP contribution in [0.4, 0.5) is 0 Å². The zero-order valence-corrected chi connectivity index (χ0v) is 17.4. The summed E-state index contributed by atoms with van der Waals surface area (Å²) in [6, 6.07) is 11.5. The number of aryl methyl sites for hydroxylation is 1. The predicted molar refractivity (Wildman–Crippen MR) is 112 cm³/mol. The summed E-state index contributed by atoms with van der Waals surface area (Å²) in [6.45, 7) is 4.02. The highest BCUT2D eigenvalue weighted by atomic mass is 16.5. The van der Waals surface area contributed by atoms with E-state index < -0.39 is 11.9 Å². The molecule has 0 atom stereocenters. The van der Waals surface area contributed by atoms with E-state index in [1.165, 1.54) is 6.08 Å². The molecule has 0 radical (unpaired) electrons. The van der Waals surface area contributed by atoms with Gasteiger partial charge in [0.2, 0.25) is 0 Å². The van der Waals surface area contributed by atoms with E-state index in [1.54, 1.807) is 7.11 Å². The highest BCUT2D eigenvalue weighted by Crippen LogP contribution is 2.28. The van der Waals surface area contributed by atoms with Crippen molar-refractivity contribution in [1.82, 2.24) is 9.88 Å². The maximum Gasteiger partial charge on any atom is 0.325 e. The van der Waals surface area contributed by atoms with Crippen LogP contribution in [0.15, 0.2) is 35.9 Å². The molecule has 7 heteroatoms. The Morgan fingerprint density at radius 1 is 1.27 bits per heavy atom. The third-order valence-electron chi connectivity index (χ3n) is 5.04. The Labute approximate surface area is 175 Å². The van der Waals surface area contributed by atoms with Crippen molar-refractivity contribution in [2.75, 3.05) is 20.3 Å². The maximum atomic E-state index is 12.3. The fourth-order valence-corrected chi connectivity index (χ4v) is 3.16. The van der Waals surface area contributed by atoms with Gasteiger partial charge in [-0.1, -0.05) is 0 Å². The van der Waals surface area contributed by atoms with Gasteiger partial charge < -0.3 is 19.4 Å². The smallest absolute Gasteiger partial charge is 0.325 e. The summed E-state index contributed by atoms with van der Waals surface area (Å²) in [5.74, 6) is 0.126. The second-order valence-corrected chi connectivity index (χ2v) is 7.34. The van der Waals surface area contributed by atoms with Crippen molar-refractivity contribution < 1.29 is 19.1 Å².